The molecule has 1 aliphatic heterocycles. The number of rotatable bonds is 6. The smallest absolute Gasteiger partial charge is 0.410 e. The Morgan fingerprint density at radius 2 is 1.95 bits per heavy atom. The van der Waals surface area contributed by atoms with E-state index < -0.39 is 17.1 Å². The minimum Gasteiger partial charge on any atom is -0.481 e. The maximum Gasteiger partial charge on any atom is 0.410 e. The Morgan fingerprint density at radius 3 is 2.40 bits per heavy atom. The first kappa shape index (κ1) is 16.8. The van der Waals surface area contributed by atoms with Crippen LogP contribution < -0.4 is 5.32 Å². The Balaban J connectivity index is 2.52. The molecule has 0 aromatic rings. The number of unbranched alkanes of at least 4 members (excludes halogenated alkanes) is 1. The number of carboxylic acids is 1. The fraction of sp³-hybridized carbons (Fsp3) is 0.857. The molecule has 1 heterocycles. The van der Waals surface area contributed by atoms with E-state index in [4.69, 9.17) is 9.84 Å². The van der Waals surface area contributed by atoms with Crippen LogP contribution in [0.25, 0.3) is 0 Å². The second kappa shape index (κ2) is 6.43. The number of likely N-dealkylation sites (tertiary alicyclic amines) is 1. The Labute approximate surface area is 120 Å². The molecule has 0 bridgehead atoms. The third-order valence-corrected chi connectivity index (χ3v) is 3.16. The quantitative estimate of drug-likeness (QED) is 0.728. The summed E-state index contributed by atoms with van der Waals surface area (Å²) in [6.45, 7) is 9.07. The first-order valence-corrected chi connectivity index (χ1v) is 7.12. The number of ether oxygens (including phenoxy) is 1. The van der Waals surface area contributed by atoms with Gasteiger partial charge in [0.25, 0.3) is 0 Å². The predicted molar refractivity (Wildman–Crippen MR) is 75.7 cm³/mol. The summed E-state index contributed by atoms with van der Waals surface area (Å²) < 4.78 is 5.28. The normalized spacial score (nSPS) is 17.5. The van der Waals surface area contributed by atoms with Crippen molar-refractivity contribution in [3.05, 3.63) is 0 Å². The van der Waals surface area contributed by atoms with E-state index in [1.54, 1.807) is 4.90 Å². The molecule has 0 unspecified atom stereocenters. The van der Waals surface area contributed by atoms with Gasteiger partial charge in [-0.1, -0.05) is 13.3 Å². The highest BCUT2D eigenvalue weighted by atomic mass is 16.6. The van der Waals surface area contributed by atoms with Crippen LogP contribution in [0.3, 0.4) is 0 Å². The molecule has 0 aliphatic carbocycles. The Kier molecular flexibility index (Phi) is 5.39. The molecule has 0 spiro atoms. The lowest BCUT2D eigenvalue weighted by Crippen LogP contribution is -2.71. The van der Waals surface area contributed by atoms with Gasteiger partial charge in [0, 0.05) is 13.1 Å². The van der Waals surface area contributed by atoms with E-state index in [0.29, 0.717) is 13.1 Å². The molecule has 6 heteroatoms. The summed E-state index contributed by atoms with van der Waals surface area (Å²) >= 11 is 0. The Hall–Kier alpha value is -1.30. The highest BCUT2D eigenvalue weighted by Gasteiger charge is 2.47. The summed E-state index contributed by atoms with van der Waals surface area (Å²) in [5, 5.41) is 12.3. The van der Waals surface area contributed by atoms with Gasteiger partial charge in [0.2, 0.25) is 0 Å². The lowest BCUT2D eigenvalue weighted by atomic mass is 9.86. The molecule has 116 valence electrons. The molecule has 6 nitrogen and oxygen atoms in total. The van der Waals surface area contributed by atoms with Crippen molar-refractivity contribution in [2.75, 3.05) is 19.6 Å². The number of hydrogen-bond donors (Lipinski definition) is 2. The molecule has 2 N–H and O–H groups in total. The van der Waals surface area contributed by atoms with E-state index in [2.05, 4.69) is 12.2 Å². The van der Waals surface area contributed by atoms with Gasteiger partial charge in [-0.05, 0) is 33.7 Å². The van der Waals surface area contributed by atoms with Crippen molar-refractivity contribution in [2.24, 2.45) is 0 Å². The van der Waals surface area contributed by atoms with E-state index in [1.165, 1.54) is 0 Å². The van der Waals surface area contributed by atoms with Crippen molar-refractivity contribution in [1.82, 2.24) is 10.2 Å². The average molecular weight is 286 g/mol. The minimum atomic E-state index is -0.849. The fourth-order valence-corrected chi connectivity index (χ4v) is 2.25. The number of aliphatic carboxylic acids is 1. The second-order valence-electron chi connectivity index (χ2n) is 6.47. The molecule has 0 aromatic heterocycles. The molecule has 0 atom stereocenters. The van der Waals surface area contributed by atoms with Crippen LogP contribution in [0.4, 0.5) is 4.79 Å². The molecular weight excluding hydrogens is 260 g/mol. The SMILES string of the molecule is CCCCNC1(CC(=O)O)CN(C(=O)OC(C)(C)C)C1. The third-order valence-electron chi connectivity index (χ3n) is 3.16. The standard InChI is InChI=1S/C14H26N2O4/c1-5-6-7-15-14(8-11(17)18)9-16(10-14)12(19)20-13(2,3)4/h15H,5-10H2,1-4H3,(H,17,18). The van der Waals surface area contributed by atoms with Gasteiger partial charge >= 0.3 is 12.1 Å². The van der Waals surface area contributed by atoms with Crippen molar-refractivity contribution in [3.63, 3.8) is 0 Å². The molecule has 1 saturated heterocycles. The van der Waals surface area contributed by atoms with Crippen LogP contribution in [0.1, 0.15) is 47.0 Å². The molecule has 1 amide bonds. The number of carbonyl (C=O) groups excluding carboxylic acids is 1. The highest BCUT2D eigenvalue weighted by molar-refractivity contribution is 5.73. The molecule has 0 aromatic carbocycles. The van der Waals surface area contributed by atoms with Crippen molar-refractivity contribution >= 4 is 12.1 Å². The first-order valence-electron chi connectivity index (χ1n) is 7.12. The molecule has 1 rings (SSSR count). The van der Waals surface area contributed by atoms with Crippen LogP contribution in [-0.2, 0) is 9.53 Å². The van der Waals surface area contributed by atoms with Gasteiger partial charge in [-0.25, -0.2) is 4.79 Å². The largest absolute Gasteiger partial charge is 0.481 e. The number of hydrogen-bond acceptors (Lipinski definition) is 4. The molecular formula is C14H26N2O4. The highest BCUT2D eigenvalue weighted by Crippen LogP contribution is 2.26. The number of carbonyl (C=O) groups is 2. The number of nitrogens with zero attached hydrogens (tertiary/aromatic N) is 1. The monoisotopic (exact) mass is 286 g/mol. The maximum atomic E-state index is 11.9. The van der Waals surface area contributed by atoms with E-state index in [0.717, 1.165) is 19.4 Å². The van der Waals surface area contributed by atoms with Crippen LogP contribution in [0, 0.1) is 0 Å². The Morgan fingerprint density at radius 1 is 1.35 bits per heavy atom. The summed E-state index contributed by atoms with van der Waals surface area (Å²) in [5.74, 6) is -0.849. The molecule has 1 fully saturated rings. The number of amides is 1. The first-order chi connectivity index (χ1) is 9.17. The van der Waals surface area contributed by atoms with Gasteiger partial charge in [0.1, 0.15) is 5.60 Å². The van der Waals surface area contributed by atoms with Crippen LogP contribution in [0.5, 0.6) is 0 Å². The van der Waals surface area contributed by atoms with Gasteiger partial charge < -0.3 is 20.1 Å². The summed E-state index contributed by atoms with van der Waals surface area (Å²) in [7, 11) is 0. The van der Waals surface area contributed by atoms with Gasteiger partial charge in [0.05, 0.1) is 12.0 Å². The molecule has 1 aliphatic rings. The topological polar surface area (TPSA) is 78.9 Å². The number of nitrogens with one attached hydrogen (secondary N) is 1. The van der Waals surface area contributed by atoms with Crippen molar-refractivity contribution < 1.29 is 19.4 Å². The third kappa shape index (κ3) is 5.00. The van der Waals surface area contributed by atoms with Gasteiger partial charge in [-0.2, -0.15) is 0 Å². The second-order valence-corrected chi connectivity index (χ2v) is 6.47. The zero-order valence-electron chi connectivity index (χ0n) is 12.9. The summed E-state index contributed by atoms with van der Waals surface area (Å²) in [5.41, 5.74) is -1.03. The zero-order valence-corrected chi connectivity index (χ0v) is 12.9. The van der Waals surface area contributed by atoms with E-state index in [-0.39, 0.29) is 12.5 Å². The van der Waals surface area contributed by atoms with E-state index in [1.807, 2.05) is 20.8 Å². The van der Waals surface area contributed by atoms with Crippen LogP contribution in [0.15, 0.2) is 0 Å². The van der Waals surface area contributed by atoms with E-state index >= 15 is 0 Å². The maximum absolute atomic E-state index is 11.9. The molecule has 0 radical (unpaired) electrons. The van der Waals surface area contributed by atoms with Crippen LogP contribution in [0.2, 0.25) is 0 Å². The minimum absolute atomic E-state index is 0.0238. The number of carboxylic acid groups (broad SMARTS) is 1. The zero-order chi connectivity index (χ0) is 15.4. The van der Waals surface area contributed by atoms with Crippen molar-refractivity contribution in [1.29, 1.82) is 0 Å². The predicted octanol–water partition coefficient (Wildman–Crippen LogP) is 1.84. The molecule has 0 saturated carbocycles. The lowest BCUT2D eigenvalue weighted by molar-refractivity contribution is -0.141. The summed E-state index contributed by atoms with van der Waals surface area (Å²) in [6, 6.07) is 0. The molecule has 20 heavy (non-hydrogen) atoms. The van der Waals surface area contributed by atoms with Crippen LogP contribution in [-0.4, -0.2) is 52.8 Å². The van der Waals surface area contributed by atoms with Crippen molar-refractivity contribution in [2.45, 2.75) is 58.1 Å². The van der Waals surface area contributed by atoms with Gasteiger partial charge in [0.15, 0.2) is 0 Å². The van der Waals surface area contributed by atoms with E-state index in [9.17, 15) is 9.59 Å². The lowest BCUT2D eigenvalue weighted by Gasteiger charge is -2.49. The summed E-state index contributed by atoms with van der Waals surface area (Å²) in [4.78, 5) is 24.4. The Bertz CT molecular complexity index is 357. The fourth-order valence-electron chi connectivity index (χ4n) is 2.25. The van der Waals surface area contributed by atoms with Crippen molar-refractivity contribution in [3.8, 4) is 0 Å². The average Bonchev–Trinajstić information content (AvgIpc) is 2.21. The van der Waals surface area contributed by atoms with Crippen LogP contribution >= 0.6 is 0 Å². The van der Waals surface area contributed by atoms with Gasteiger partial charge in [-0.3, -0.25) is 4.79 Å². The summed E-state index contributed by atoms with van der Waals surface area (Å²) in [6.07, 6.45) is 1.69. The van der Waals surface area contributed by atoms with Gasteiger partial charge in [-0.15, -0.1) is 0 Å².